The van der Waals surface area contributed by atoms with Crippen LogP contribution in [0.5, 0.6) is 5.75 Å². The summed E-state index contributed by atoms with van der Waals surface area (Å²) >= 11 is 11.6. The molecule has 4 rings (SSSR count). The quantitative estimate of drug-likeness (QED) is 0.377. The molecule has 3 aromatic carbocycles. The van der Waals surface area contributed by atoms with Crippen molar-refractivity contribution in [3.63, 3.8) is 0 Å². The first-order chi connectivity index (χ1) is 14.2. The van der Waals surface area contributed by atoms with Gasteiger partial charge in [0.2, 0.25) is 4.77 Å². The van der Waals surface area contributed by atoms with Gasteiger partial charge in [0.25, 0.3) is 0 Å². The number of halogens is 1. The van der Waals surface area contributed by atoms with Gasteiger partial charge in [-0.15, -0.1) is 0 Å². The highest BCUT2D eigenvalue weighted by molar-refractivity contribution is 7.71. The molecule has 0 bridgehead atoms. The standard InChI is InChI=1S/C22H21ClN4OS/c1-2-21-25-26-22(29)27(21)24-13-18-17-9-5-3-7-15(17)11-12-20(18)28-14-16-8-4-6-10-19(16)23/h3-12,24H,2,13-14H2,1H3,(H,26,29). The summed E-state index contributed by atoms with van der Waals surface area (Å²) in [5.74, 6) is 1.66. The Balaban J connectivity index is 1.66. The van der Waals surface area contributed by atoms with Crippen LogP contribution in [0.2, 0.25) is 5.02 Å². The summed E-state index contributed by atoms with van der Waals surface area (Å²) in [6.45, 7) is 2.98. The zero-order valence-electron chi connectivity index (χ0n) is 16.0. The Morgan fingerprint density at radius 2 is 1.90 bits per heavy atom. The first-order valence-corrected chi connectivity index (χ1v) is 10.2. The molecule has 5 nitrogen and oxygen atoms in total. The van der Waals surface area contributed by atoms with Crippen LogP contribution in [0.15, 0.2) is 60.7 Å². The van der Waals surface area contributed by atoms with Crippen LogP contribution in [0.25, 0.3) is 10.8 Å². The van der Waals surface area contributed by atoms with Crippen molar-refractivity contribution in [2.45, 2.75) is 26.5 Å². The van der Waals surface area contributed by atoms with Crippen LogP contribution in [-0.4, -0.2) is 14.9 Å². The fraction of sp³-hybridized carbons (Fsp3) is 0.182. The molecule has 0 spiro atoms. The lowest BCUT2D eigenvalue weighted by Crippen LogP contribution is -2.18. The minimum Gasteiger partial charge on any atom is -0.488 e. The van der Waals surface area contributed by atoms with Crippen molar-refractivity contribution in [1.82, 2.24) is 14.9 Å². The Morgan fingerprint density at radius 1 is 1.10 bits per heavy atom. The number of hydrogen-bond acceptors (Lipinski definition) is 4. The van der Waals surface area contributed by atoms with E-state index in [9.17, 15) is 0 Å². The molecule has 7 heteroatoms. The summed E-state index contributed by atoms with van der Waals surface area (Å²) in [6, 6.07) is 20.1. The van der Waals surface area contributed by atoms with Gasteiger partial charge in [0.05, 0.1) is 6.54 Å². The van der Waals surface area contributed by atoms with Crippen molar-refractivity contribution in [1.29, 1.82) is 0 Å². The van der Waals surface area contributed by atoms with E-state index in [4.69, 9.17) is 28.6 Å². The summed E-state index contributed by atoms with van der Waals surface area (Å²) in [5, 5.41) is 10.1. The predicted molar refractivity (Wildman–Crippen MR) is 120 cm³/mol. The Hall–Kier alpha value is -2.83. The van der Waals surface area contributed by atoms with Crippen LogP contribution in [0, 0.1) is 4.77 Å². The molecule has 0 aliphatic rings. The largest absolute Gasteiger partial charge is 0.488 e. The van der Waals surface area contributed by atoms with Gasteiger partial charge in [-0.3, -0.25) is 5.10 Å². The van der Waals surface area contributed by atoms with Gasteiger partial charge in [-0.05, 0) is 35.1 Å². The van der Waals surface area contributed by atoms with E-state index in [0.29, 0.717) is 22.9 Å². The third-order valence-corrected chi connectivity index (χ3v) is 5.45. The first-order valence-electron chi connectivity index (χ1n) is 9.44. The zero-order chi connectivity index (χ0) is 20.2. The second-order valence-corrected chi connectivity index (χ2v) is 7.41. The van der Waals surface area contributed by atoms with Gasteiger partial charge in [-0.2, -0.15) is 5.10 Å². The van der Waals surface area contributed by atoms with Crippen LogP contribution in [0.3, 0.4) is 0 Å². The molecular formula is C22H21ClN4OS. The number of aromatic amines is 1. The average molecular weight is 425 g/mol. The van der Waals surface area contributed by atoms with E-state index >= 15 is 0 Å². The van der Waals surface area contributed by atoms with Gasteiger partial charge in [0, 0.05) is 22.6 Å². The zero-order valence-corrected chi connectivity index (χ0v) is 17.6. The fourth-order valence-electron chi connectivity index (χ4n) is 3.29. The van der Waals surface area contributed by atoms with Crippen molar-refractivity contribution in [3.8, 4) is 5.75 Å². The number of rotatable bonds is 7. The van der Waals surface area contributed by atoms with Gasteiger partial charge < -0.3 is 10.2 Å². The number of benzene rings is 3. The van der Waals surface area contributed by atoms with Crippen LogP contribution >= 0.6 is 23.8 Å². The Bertz CT molecular complexity index is 1200. The van der Waals surface area contributed by atoms with Crippen LogP contribution in [-0.2, 0) is 19.6 Å². The van der Waals surface area contributed by atoms with E-state index < -0.39 is 0 Å². The highest BCUT2D eigenvalue weighted by Crippen LogP contribution is 2.29. The topological polar surface area (TPSA) is 54.9 Å². The van der Waals surface area contributed by atoms with Crippen molar-refractivity contribution >= 4 is 34.6 Å². The van der Waals surface area contributed by atoms with Gasteiger partial charge in [-0.1, -0.05) is 67.1 Å². The van der Waals surface area contributed by atoms with Crippen molar-refractivity contribution < 1.29 is 4.74 Å². The molecule has 4 aromatic rings. The monoisotopic (exact) mass is 424 g/mol. The maximum Gasteiger partial charge on any atom is 0.214 e. The SMILES string of the molecule is CCc1n[nH]c(=S)n1NCc1c(OCc2ccccc2Cl)ccc2ccccc12. The second-order valence-electron chi connectivity index (χ2n) is 6.61. The smallest absolute Gasteiger partial charge is 0.214 e. The van der Waals surface area contributed by atoms with Crippen molar-refractivity contribution in [2.24, 2.45) is 0 Å². The molecule has 0 aliphatic heterocycles. The lowest BCUT2D eigenvalue weighted by molar-refractivity contribution is 0.303. The molecule has 0 radical (unpaired) electrons. The summed E-state index contributed by atoms with van der Waals surface area (Å²) in [6.07, 6.45) is 0.769. The van der Waals surface area contributed by atoms with E-state index in [-0.39, 0.29) is 0 Å². The predicted octanol–water partition coefficient (Wildman–Crippen LogP) is 5.63. The fourth-order valence-corrected chi connectivity index (χ4v) is 3.70. The van der Waals surface area contributed by atoms with E-state index in [1.165, 1.54) is 0 Å². The molecule has 2 N–H and O–H groups in total. The molecule has 148 valence electrons. The van der Waals surface area contributed by atoms with Crippen LogP contribution in [0.4, 0.5) is 0 Å². The third-order valence-electron chi connectivity index (χ3n) is 4.81. The molecule has 0 fully saturated rings. The molecule has 0 saturated heterocycles. The average Bonchev–Trinajstić information content (AvgIpc) is 3.11. The number of aryl methyl sites for hydroxylation is 1. The molecule has 29 heavy (non-hydrogen) atoms. The number of nitrogens with one attached hydrogen (secondary N) is 2. The highest BCUT2D eigenvalue weighted by Gasteiger charge is 2.12. The minimum atomic E-state index is 0.399. The number of H-pyrrole nitrogens is 1. The number of nitrogens with zero attached hydrogens (tertiary/aromatic N) is 2. The third kappa shape index (κ3) is 4.13. The number of hydrogen-bond donors (Lipinski definition) is 2. The minimum absolute atomic E-state index is 0.399. The lowest BCUT2D eigenvalue weighted by Gasteiger charge is -2.17. The molecule has 1 heterocycles. The van der Waals surface area contributed by atoms with Gasteiger partial charge in [-0.25, -0.2) is 4.68 Å². The summed E-state index contributed by atoms with van der Waals surface area (Å²) in [7, 11) is 0. The van der Waals surface area contributed by atoms with Crippen LogP contribution in [0.1, 0.15) is 23.9 Å². The first kappa shape index (κ1) is 19.5. The van der Waals surface area contributed by atoms with Crippen molar-refractivity contribution in [2.75, 3.05) is 5.43 Å². The molecule has 0 saturated carbocycles. The lowest BCUT2D eigenvalue weighted by atomic mass is 10.0. The van der Waals surface area contributed by atoms with Crippen LogP contribution < -0.4 is 10.2 Å². The molecule has 0 amide bonds. The number of ether oxygens (including phenoxy) is 1. The van der Waals surface area contributed by atoms with E-state index in [2.05, 4.69) is 33.8 Å². The van der Waals surface area contributed by atoms with E-state index in [1.807, 2.05) is 54.1 Å². The normalized spacial score (nSPS) is 11.0. The Morgan fingerprint density at radius 3 is 2.72 bits per heavy atom. The van der Waals surface area contributed by atoms with Gasteiger partial charge in [0.1, 0.15) is 12.4 Å². The molecule has 1 aromatic heterocycles. The van der Waals surface area contributed by atoms with Gasteiger partial charge in [0.15, 0.2) is 5.82 Å². The van der Waals surface area contributed by atoms with Crippen molar-refractivity contribution in [3.05, 3.63) is 87.4 Å². The number of aromatic nitrogens is 3. The summed E-state index contributed by atoms with van der Waals surface area (Å²) in [4.78, 5) is 0. The maximum absolute atomic E-state index is 6.29. The summed E-state index contributed by atoms with van der Waals surface area (Å²) < 4.78 is 8.54. The highest BCUT2D eigenvalue weighted by atomic mass is 35.5. The van der Waals surface area contributed by atoms with Gasteiger partial charge >= 0.3 is 0 Å². The van der Waals surface area contributed by atoms with E-state index in [1.54, 1.807) is 0 Å². The number of fused-ring (bicyclic) bond motifs is 1. The molecule has 0 aliphatic carbocycles. The summed E-state index contributed by atoms with van der Waals surface area (Å²) in [5.41, 5.74) is 5.39. The Kier molecular flexibility index (Phi) is 5.83. The molecule has 0 unspecified atom stereocenters. The van der Waals surface area contributed by atoms with E-state index in [0.717, 1.165) is 39.9 Å². The molecule has 0 atom stereocenters. The maximum atomic E-state index is 6.29. The second kappa shape index (κ2) is 8.68. The Labute approximate surface area is 179 Å². The molecular weight excluding hydrogens is 404 g/mol.